The zero-order valence-electron chi connectivity index (χ0n) is 11.1. The molecule has 1 N–H and O–H groups in total. The Morgan fingerprint density at radius 3 is 2.53 bits per heavy atom. The van der Waals surface area contributed by atoms with Gasteiger partial charge in [-0.1, -0.05) is 29.8 Å². The van der Waals surface area contributed by atoms with E-state index in [1.54, 1.807) is 0 Å². The smallest absolute Gasteiger partial charge is 0.0726 e. The number of benzene rings is 1. The van der Waals surface area contributed by atoms with E-state index >= 15 is 0 Å². The molecule has 94 valence electrons. The highest BCUT2D eigenvalue weighted by atomic mass is 16.5. The van der Waals surface area contributed by atoms with E-state index < -0.39 is 0 Å². The third-order valence-corrected chi connectivity index (χ3v) is 3.61. The zero-order valence-corrected chi connectivity index (χ0v) is 11.1. The fourth-order valence-corrected chi connectivity index (χ4v) is 2.45. The third kappa shape index (κ3) is 3.30. The summed E-state index contributed by atoms with van der Waals surface area (Å²) in [6.45, 7) is 7.49. The average molecular weight is 233 g/mol. The van der Waals surface area contributed by atoms with Gasteiger partial charge in [0, 0.05) is 18.7 Å². The Hall–Kier alpha value is -0.860. The van der Waals surface area contributed by atoms with Crippen LogP contribution in [0.15, 0.2) is 24.3 Å². The van der Waals surface area contributed by atoms with Crippen LogP contribution in [0.5, 0.6) is 0 Å². The Morgan fingerprint density at radius 1 is 1.24 bits per heavy atom. The molecule has 1 saturated heterocycles. The highest BCUT2D eigenvalue weighted by molar-refractivity contribution is 5.23. The molecule has 2 rings (SSSR count). The largest absolute Gasteiger partial charge is 0.377 e. The summed E-state index contributed by atoms with van der Waals surface area (Å²) in [5.74, 6) is 0. The van der Waals surface area contributed by atoms with Crippen molar-refractivity contribution in [2.45, 2.75) is 51.8 Å². The van der Waals surface area contributed by atoms with Crippen LogP contribution in [-0.2, 0) is 4.74 Å². The SMILES string of the molecule is Cc1ccc(C(C)NC(C)C2CCCO2)cc1. The van der Waals surface area contributed by atoms with Gasteiger partial charge < -0.3 is 10.1 Å². The summed E-state index contributed by atoms with van der Waals surface area (Å²) < 4.78 is 5.71. The van der Waals surface area contributed by atoms with E-state index in [9.17, 15) is 0 Å². The van der Waals surface area contributed by atoms with Crippen molar-refractivity contribution in [2.75, 3.05) is 6.61 Å². The molecule has 3 atom stereocenters. The summed E-state index contributed by atoms with van der Waals surface area (Å²) >= 11 is 0. The van der Waals surface area contributed by atoms with Crippen molar-refractivity contribution in [3.05, 3.63) is 35.4 Å². The molecule has 0 saturated carbocycles. The first-order valence-electron chi connectivity index (χ1n) is 6.61. The maximum absolute atomic E-state index is 5.71. The standard InChI is InChI=1S/C15H23NO/c1-11-6-8-14(9-7-11)12(2)16-13(3)15-5-4-10-17-15/h6-9,12-13,15-16H,4-5,10H2,1-3H3. The van der Waals surface area contributed by atoms with Gasteiger partial charge >= 0.3 is 0 Å². The van der Waals surface area contributed by atoms with Crippen molar-refractivity contribution in [3.8, 4) is 0 Å². The van der Waals surface area contributed by atoms with E-state index in [-0.39, 0.29) is 0 Å². The van der Waals surface area contributed by atoms with Gasteiger partial charge in [-0.15, -0.1) is 0 Å². The van der Waals surface area contributed by atoms with Gasteiger partial charge in [0.05, 0.1) is 6.10 Å². The number of ether oxygens (including phenoxy) is 1. The Labute approximate surface area is 104 Å². The minimum absolute atomic E-state index is 0.384. The van der Waals surface area contributed by atoms with Gasteiger partial charge in [-0.3, -0.25) is 0 Å². The van der Waals surface area contributed by atoms with Crippen LogP contribution in [0.4, 0.5) is 0 Å². The molecule has 0 radical (unpaired) electrons. The van der Waals surface area contributed by atoms with Crippen molar-refractivity contribution in [2.24, 2.45) is 0 Å². The third-order valence-electron chi connectivity index (χ3n) is 3.61. The normalized spacial score (nSPS) is 23.6. The fourth-order valence-electron chi connectivity index (χ4n) is 2.45. The molecule has 0 aliphatic carbocycles. The number of rotatable bonds is 4. The molecule has 1 fully saturated rings. The van der Waals surface area contributed by atoms with Crippen LogP contribution in [-0.4, -0.2) is 18.8 Å². The first-order valence-corrected chi connectivity index (χ1v) is 6.61. The van der Waals surface area contributed by atoms with Gasteiger partial charge in [0.25, 0.3) is 0 Å². The summed E-state index contributed by atoms with van der Waals surface area (Å²) in [5.41, 5.74) is 2.66. The van der Waals surface area contributed by atoms with E-state index in [1.807, 2.05) is 0 Å². The second-order valence-electron chi connectivity index (χ2n) is 5.14. The minimum Gasteiger partial charge on any atom is -0.377 e. The summed E-state index contributed by atoms with van der Waals surface area (Å²) in [5, 5.41) is 3.63. The number of aryl methyl sites for hydroxylation is 1. The van der Waals surface area contributed by atoms with Crippen molar-refractivity contribution < 1.29 is 4.74 Å². The molecule has 1 aromatic carbocycles. The first-order chi connectivity index (χ1) is 8.16. The molecule has 2 heteroatoms. The first kappa shape index (κ1) is 12.6. The summed E-state index contributed by atoms with van der Waals surface area (Å²) in [4.78, 5) is 0. The molecule has 0 spiro atoms. The molecular weight excluding hydrogens is 210 g/mol. The van der Waals surface area contributed by atoms with Gasteiger partial charge in [0.1, 0.15) is 0 Å². The van der Waals surface area contributed by atoms with Crippen LogP contribution in [0.1, 0.15) is 43.9 Å². The highest BCUT2D eigenvalue weighted by Crippen LogP contribution is 2.19. The molecule has 2 nitrogen and oxygen atoms in total. The summed E-state index contributed by atoms with van der Waals surface area (Å²) in [7, 11) is 0. The van der Waals surface area contributed by atoms with Crippen LogP contribution in [0.2, 0.25) is 0 Å². The lowest BCUT2D eigenvalue weighted by atomic mass is 10.0. The lowest BCUT2D eigenvalue weighted by Crippen LogP contribution is -2.38. The lowest BCUT2D eigenvalue weighted by Gasteiger charge is -2.24. The molecule has 17 heavy (non-hydrogen) atoms. The summed E-state index contributed by atoms with van der Waals surface area (Å²) in [6, 6.07) is 9.56. The monoisotopic (exact) mass is 233 g/mol. The van der Waals surface area contributed by atoms with E-state index in [4.69, 9.17) is 4.74 Å². The van der Waals surface area contributed by atoms with Crippen LogP contribution in [0.3, 0.4) is 0 Å². The Balaban J connectivity index is 1.91. The van der Waals surface area contributed by atoms with Crippen LogP contribution >= 0.6 is 0 Å². The van der Waals surface area contributed by atoms with Gasteiger partial charge in [-0.25, -0.2) is 0 Å². The van der Waals surface area contributed by atoms with Gasteiger partial charge in [0.2, 0.25) is 0 Å². The summed E-state index contributed by atoms with van der Waals surface area (Å²) in [6.07, 6.45) is 2.78. The van der Waals surface area contributed by atoms with E-state index in [0.717, 1.165) is 6.61 Å². The van der Waals surface area contributed by atoms with Gasteiger partial charge in [-0.05, 0) is 39.2 Å². The average Bonchev–Trinajstić information content (AvgIpc) is 2.83. The second-order valence-corrected chi connectivity index (χ2v) is 5.14. The predicted molar refractivity (Wildman–Crippen MR) is 71.2 cm³/mol. The number of hydrogen-bond donors (Lipinski definition) is 1. The molecule has 1 aliphatic rings. The van der Waals surface area contributed by atoms with Crippen LogP contribution < -0.4 is 5.32 Å². The number of hydrogen-bond acceptors (Lipinski definition) is 2. The molecule has 1 heterocycles. The van der Waals surface area contributed by atoms with Crippen LogP contribution in [0, 0.1) is 6.92 Å². The fraction of sp³-hybridized carbons (Fsp3) is 0.600. The minimum atomic E-state index is 0.384. The highest BCUT2D eigenvalue weighted by Gasteiger charge is 2.23. The molecule has 1 aromatic rings. The zero-order chi connectivity index (χ0) is 12.3. The van der Waals surface area contributed by atoms with Gasteiger partial charge in [0.15, 0.2) is 0 Å². The quantitative estimate of drug-likeness (QED) is 0.862. The molecule has 0 amide bonds. The Morgan fingerprint density at radius 2 is 1.94 bits per heavy atom. The van der Waals surface area contributed by atoms with Crippen LogP contribution in [0.25, 0.3) is 0 Å². The van der Waals surface area contributed by atoms with Crippen molar-refractivity contribution in [1.29, 1.82) is 0 Å². The predicted octanol–water partition coefficient (Wildman–Crippen LogP) is 3.21. The number of nitrogens with one attached hydrogen (secondary N) is 1. The molecule has 3 unspecified atom stereocenters. The second kappa shape index (κ2) is 5.65. The van der Waals surface area contributed by atoms with E-state index in [0.29, 0.717) is 18.2 Å². The Bertz CT molecular complexity index is 340. The van der Waals surface area contributed by atoms with Crippen molar-refractivity contribution >= 4 is 0 Å². The molecule has 0 aromatic heterocycles. The van der Waals surface area contributed by atoms with E-state index in [2.05, 4.69) is 50.4 Å². The van der Waals surface area contributed by atoms with Crippen molar-refractivity contribution in [1.82, 2.24) is 5.32 Å². The maximum Gasteiger partial charge on any atom is 0.0726 e. The Kier molecular flexibility index (Phi) is 4.19. The molecule has 0 bridgehead atoms. The lowest BCUT2D eigenvalue weighted by molar-refractivity contribution is 0.0804. The van der Waals surface area contributed by atoms with E-state index in [1.165, 1.54) is 24.0 Å². The molecule has 1 aliphatic heterocycles. The topological polar surface area (TPSA) is 21.3 Å². The van der Waals surface area contributed by atoms with Gasteiger partial charge in [-0.2, -0.15) is 0 Å². The van der Waals surface area contributed by atoms with Crippen molar-refractivity contribution in [3.63, 3.8) is 0 Å². The maximum atomic E-state index is 5.71. The molecular formula is C15H23NO.